The maximum atomic E-state index is 10.7. The molecule has 614 valence electrons. The molecule has 0 radical (unpaired) electrons. The molecule has 6 aliphatic rings. The Balaban J connectivity index is -0.000000337. The number of likely N-dealkylation sites (tertiary alicyclic amines) is 2. The van der Waals surface area contributed by atoms with Gasteiger partial charge in [-0.2, -0.15) is 0 Å². The van der Waals surface area contributed by atoms with E-state index < -0.39 is 5.60 Å². The molecule has 0 amide bonds. The molecule has 6 fully saturated rings. The van der Waals surface area contributed by atoms with Crippen LogP contribution >= 0.6 is 0 Å². The van der Waals surface area contributed by atoms with Crippen LogP contribution in [0.4, 0.5) is 0 Å². The minimum atomic E-state index is -0.500. The molecule has 1 aliphatic carbocycles. The van der Waals surface area contributed by atoms with Crippen LogP contribution in [0.5, 0.6) is 0 Å². The van der Waals surface area contributed by atoms with Crippen LogP contribution in [0.2, 0.25) is 0 Å². The van der Waals surface area contributed by atoms with Crippen LogP contribution in [-0.2, 0) is 39.7 Å². The van der Waals surface area contributed by atoms with Crippen molar-refractivity contribution in [2.45, 2.75) is 372 Å². The highest BCUT2D eigenvalue weighted by Crippen LogP contribution is 2.30. The molecule has 3 unspecified atom stereocenters. The fraction of sp³-hybridized carbons (Fsp3) is 0.933. The number of aliphatic hydroxyl groups excluding tert-OH is 1. The SMILES string of the molecule is CC(C)C(C)(C)O.CC(C)C(C)O.CC(C)C1CCCC1.CC(C)CC1CCCN1C.CC(C)CCN1CCCC1.CC(C)CCN1CCOCC1.CC(C)C[C@@H]1CCCO1.CC(C)C[C@H]1CCCO1.CC(C)Cc1ccco1.CCCC(=O)C(C)C.CCOC(C)C(C)C.COC(=O)C(C)C. The summed E-state index contributed by atoms with van der Waals surface area (Å²) in [7, 11) is 3.64. The van der Waals surface area contributed by atoms with Gasteiger partial charge < -0.3 is 48.1 Å². The molecule has 5 atom stereocenters. The van der Waals surface area contributed by atoms with Gasteiger partial charge in [-0.3, -0.25) is 14.5 Å². The Hall–Kier alpha value is -1.94. The maximum absolute atomic E-state index is 10.7. The summed E-state index contributed by atoms with van der Waals surface area (Å²) >= 11 is 0. The van der Waals surface area contributed by atoms with Gasteiger partial charge in [0.05, 0.1) is 62.5 Å². The van der Waals surface area contributed by atoms with Crippen molar-refractivity contribution in [3.05, 3.63) is 24.2 Å². The third-order valence-electron chi connectivity index (χ3n) is 19.4. The first kappa shape index (κ1) is 109. The van der Waals surface area contributed by atoms with Crippen LogP contribution in [0.1, 0.15) is 335 Å². The molecule has 5 saturated heterocycles. The summed E-state index contributed by atoms with van der Waals surface area (Å²) in [4.78, 5) is 28.6. The number of rotatable bonds is 24. The average molecular weight is 1460 g/mol. The summed E-state index contributed by atoms with van der Waals surface area (Å²) < 4.78 is 31.0. The van der Waals surface area contributed by atoms with Crippen molar-refractivity contribution in [1.29, 1.82) is 0 Å². The molecule has 6 heterocycles. The summed E-state index contributed by atoms with van der Waals surface area (Å²) in [6.45, 7) is 76.8. The minimum absolute atomic E-state index is 0.00463. The Labute approximate surface area is 637 Å². The third kappa shape index (κ3) is 74.9. The number of furan rings is 1. The van der Waals surface area contributed by atoms with Gasteiger partial charge in [-0.25, -0.2) is 0 Å². The molecule has 1 saturated carbocycles. The topological polar surface area (TPSA) is 144 Å². The van der Waals surface area contributed by atoms with Crippen LogP contribution in [0.25, 0.3) is 0 Å². The quantitative estimate of drug-likeness (QED) is 0.0949. The van der Waals surface area contributed by atoms with Crippen LogP contribution < -0.4 is 0 Å². The van der Waals surface area contributed by atoms with Crippen molar-refractivity contribution < 1.29 is 47.9 Å². The summed E-state index contributed by atoms with van der Waals surface area (Å²) in [6.07, 6.45) is 29.3. The highest BCUT2D eigenvalue weighted by atomic mass is 16.5. The van der Waals surface area contributed by atoms with Gasteiger partial charge in [-0.1, -0.05) is 199 Å². The lowest BCUT2D eigenvalue weighted by molar-refractivity contribution is -0.144. The molecule has 2 N–H and O–H groups in total. The van der Waals surface area contributed by atoms with Crippen molar-refractivity contribution >= 4 is 11.8 Å². The normalized spacial score (nSPS) is 19.0. The second kappa shape index (κ2) is 69.5. The number of carbonyl (C=O) groups excluding carboxylic acids is 2. The van der Waals surface area contributed by atoms with E-state index in [1.165, 1.54) is 149 Å². The zero-order chi connectivity index (χ0) is 79.3. The smallest absolute Gasteiger partial charge is 0.308 e. The van der Waals surface area contributed by atoms with Crippen molar-refractivity contribution in [1.82, 2.24) is 14.7 Å². The van der Waals surface area contributed by atoms with E-state index in [2.05, 4.69) is 144 Å². The molecule has 7 rings (SSSR count). The Morgan fingerprint density at radius 2 is 1.01 bits per heavy atom. The molecule has 5 aliphatic heterocycles. The summed E-state index contributed by atoms with van der Waals surface area (Å²) in [5.74, 6) is 9.83. The molecular weight excluding hydrogens is 1270 g/mol. The van der Waals surface area contributed by atoms with E-state index in [-0.39, 0.29) is 23.9 Å². The van der Waals surface area contributed by atoms with E-state index in [0.29, 0.717) is 47.8 Å². The number of hydrogen-bond acceptors (Lipinski definition) is 13. The number of nitrogens with zero attached hydrogens (tertiary/aromatic N) is 3. The molecule has 0 aromatic carbocycles. The minimum Gasteiger partial charge on any atom is -0.469 e. The first-order valence-corrected chi connectivity index (χ1v) is 42.2. The van der Waals surface area contributed by atoms with Crippen LogP contribution in [0, 0.1) is 76.9 Å². The lowest BCUT2D eigenvalue weighted by Crippen LogP contribution is -2.37. The fourth-order valence-corrected chi connectivity index (χ4v) is 10.9. The number of methoxy groups -OCH3 is 1. The number of esters is 1. The van der Waals surface area contributed by atoms with E-state index in [4.69, 9.17) is 33.6 Å². The lowest BCUT2D eigenvalue weighted by Gasteiger charge is -2.26. The van der Waals surface area contributed by atoms with Crippen molar-refractivity contribution in [2.24, 2.45) is 76.9 Å². The Morgan fingerprint density at radius 1 is 0.559 bits per heavy atom. The highest BCUT2D eigenvalue weighted by Gasteiger charge is 2.22. The monoisotopic (exact) mass is 1450 g/mol. The second-order valence-electron chi connectivity index (χ2n) is 35.0. The van der Waals surface area contributed by atoms with Gasteiger partial charge in [0.15, 0.2) is 0 Å². The number of hydrogen-bond donors (Lipinski definition) is 2. The molecule has 13 nitrogen and oxygen atoms in total. The van der Waals surface area contributed by atoms with Crippen molar-refractivity contribution in [3.8, 4) is 0 Å². The number of morpholine rings is 1. The van der Waals surface area contributed by atoms with Gasteiger partial charge in [0.25, 0.3) is 0 Å². The van der Waals surface area contributed by atoms with Crippen molar-refractivity contribution in [3.63, 3.8) is 0 Å². The Kier molecular flexibility index (Phi) is 74.1. The van der Waals surface area contributed by atoms with Crippen LogP contribution in [0.3, 0.4) is 0 Å². The Morgan fingerprint density at radius 3 is 1.25 bits per heavy atom. The number of ether oxygens (including phenoxy) is 5. The lowest BCUT2D eigenvalue weighted by atomic mass is 9.95. The summed E-state index contributed by atoms with van der Waals surface area (Å²) in [5, 5.41) is 17.7. The largest absolute Gasteiger partial charge is 0.469 e. The number of Topliss-reactive ketones (excluding diaryl/α,β-unsaturated/α-hetero) is 1. The molecular formula is C89H183N3O10. The maximum Gasteiger partial charge on any atom is 0.308 e. The number of ketones is 1. The third-order valence-corrected chi connectivity index (χ3v) is 19.4. The molecule has 0 spiro atoms. The van der Waals surface area contributed by atoms with Crippen LogP contribution in [-0.4, -0.2) is 166 Å². The fourth-order valence-electron chi connectivity index (χ4n) is 10.9. The average Bonchev–Trinajstić information content (AvgIpc) is 1.77. The van der Waals surface area contributed by atoms with E-state index >= 15 is 0 Å². The zero-order valence-electron chi connectivity index (χ0n) is 74.3. The second-order valence-corrected chi connectivity index (χ2v) is 35.0. The molecule has 13 heteroatoms. The molecule has 0 bridgehead atoms. The predicted molar refractivity (Wildman–Crippen MR) is 443 cm³/mol. The van der Waals surface area contributed by atoms with Gasteiger partial charge in [0.1, 0.15) is 11.5 Å². The number of carbonyl (C=O) groups is 2. The van der Waals surface area contributed by atoms with E-state index in [1.807, 2.05) is 81.4 Å². The molecule has 1 aromatic heterocycles. The zero-order valence-corrected chi connectivity index (χ0v) is 74.3. The molecule has 1 aromatic rings. The van der Waals surface area contributed by atoms with E-state index in [1.54, 1.807) is 27.0 Å². The van der Waals surface area contributed by atoms with Gasteiger partial charge in [0.2, 0.25) is 0 Å². The van der Waals surface area contributed by atoms with Crippen molar-refractivity contribution in [2.75, 3.05) is 93.0 Å². The summed E-state index contributed by atoms with van der Waals surface area (Å²) in [5.41, 5.74) is -0.500. The standard InChI is InChI=1S/C9H19NO.2C9H19N.2C8H16O.C8H12O.C8H16.C7H16O.C7H14O.C6H14O.C5H10O2.C5H12O/c1-9(2)3-4-10-5-7-11-8-6-10;1-8(2)7-9-5-4-6-10(9)3;1-9(2)5-8-10-6-3-4-7-10;3*1-7(2)6-8-4-3-5-9-8;1-7(2)8-5-3-4-6-8;1-5-8-7(4)6(2)3;1-4-5-7(8)6(2)3;1-5(2)6(3,4)7;1-4(2)5(6)7-3;1-4(2)5(3)6/h9H,3-8H2,1-2H3;8-9H,4-7H2,1-3H3;9H,3-8H2,1-2H3;2*7-8H,3-6H2,1-2H3;3-5,7H,6H2,1-2H3;7-8H,3-6H2,1-2H3;6-7H,5H2,1-4H3;6H,4-5H2,1-3H3;5,7H,1-4H3;4H,1-3H3;4-6H,1-3H3/t;;;2*8-;;;;;;;/m...10......./s1. The van der Waals surface area contributed by atoms with E-state index in [0.717, 1.165) is 119 Å². The van der Waals surface area contributed by atoms with Gasteiger partial charge >= 0.3 is 5.97 Å². The number of aliphatic hydroxyl groups is 2. The molecule has 102 heavy (non-hydrogen) atoms. The summed E-state index contributed by atoms with van der Waals surface area (Å²) in [6, 6.07) is 4.83. The predicted octanol–water partition coefficient (Wildman–Crippen LogP) is 22.7. The van der Waals surface area contributed by atoms with Gasteiger partial charge in [0, 0.05) is 57.7 Å². The van der Waals surface area contributed by atoms with Gasteiger partial charge in [-0.15, -0.1) is 0 Å². The van der Waals surface area contributed by atoms with E-state index in [9.17, 15) is 9.59 Å². The first-order valence-electron chi connectivity index (χ1n) is 42.2. The Bertz CT molecular complexity index is 1830. The first-order chi connectivity index (χ1) is 47.6. The van der Waals surface area contributed by atoms with Gasteiger partial charge in [-0.05, 0) is 242 Å². The highest BCUT2D eigenvalue weighted by molar-refractivity contribution is 5.80. The van der Waals surface area contributed by atoms with Crippen LogP contribution in [0.15, 0.2) is 22.8 Å².